The molecule has 2 aliphatic heterocycles. The highest BCUT2D eigenvalue weighted by Crippen LogP contribution is 2.57. The Morgan fingerprint density at radius 1 is 0.812 bits per heavy atom. The fourth-order valence-electron chi connectivity index (χ4n) is 7.80. The van der Waals surface area contributed by atoms with Gasteiger partial charge in [0, 0.05) is 24.2 Å². The molecule has 0 aromatic heterocycles. The molecule has 6 fully saturated rings. The molecule has 4 saturated carbocycles. The quantitative estimate of drug-likeness (QED) is 0.646. The van der Waals surface area contributed by atoms with Crippen molar-refractivity contribution in [1.82, 2.24) is 20.4 Å². The minimum Gasteiger partial charge on any atom is -0.326 e. The average molecular weight is 439 g/mol. The largest absolute Gasteiger partial charge is 0.326 e. The molecular weight excluding hydrogens is 404 g/mol. The van der Waals surface area contributed by atoms with Crippen molar-refractivity contribution in [3.63, 3.8) is 0 Å². The van der Waals surface area contributed by atoms with Crippen molar-refractivity contribution in [2.45, 2.75) is 87.4 Å². The summed E-state index contributed by atoms with van der Waals surface area (Å²) in [6.45, 7) is 1.96. The monoisotopic (exact) mass is 438 g/mol. The van der Waals surface area contributed by atoms with Crippen LogP contribution in [0.2, 0.25) is 0 Å². The first-order valence-electron chi connectivity index (χ1n) is 12.3. The van der Waals surface area contributed by atoms with E-state index in [0.717, 1.165) is 57.8 Å². The topological polar surface area (TPSA) is 112 Å². The van der Waals surface area contributed by atoms with Crippen molar-refractivity contribution in [3.05, 3.63) is 0 Å². The summed E-state index contributed by atoms with van der Waals surface area (Å²) < 4.78 is 0. The van der Waals surface area contributed by atoms with E-state index >= 15 is 0 Å². The second kappa shape index (κ2) is 8.32. The van der Waals surface area contributed by atoms with Crippen LogP contribution >= 0.6 is 0 Å². The Bertz CT molecular complexity index is 780. The van der Waals surface area contributed by atoms with E-state index < -0.39 is 0 Å². The van der Waals surface area contributed by atoms with Crippen molar-refractivity contribution in [3.8, 4) is 12.1 Å². The van der Waals surface area contributed by atoms with Crippen molar-refractivity contribution in [2.75, 3.05) is 26.2 Å². The van der Waals surface area contributed by atoms with Crippen LogP contribution in [0.15, 0.2) is 0 Å². The van der Waals surface area contributed by atoms with Gasteiger partial charge in [-0.05, 0) is 76.0 Å². The van der Waals surface area contributed by atoms with Crippen molar-refractivity contribution in [1.29, 1.82) is 10.5 Å². The van der Waals surface area contributed by atoms with Crippen LogP contribution in [0.4, 0.5) is 0 Å². The van der Waals surface area contributed by atoms with Gasteiger partial charge < -0.3 is 20.4 Å². The SMILES string of the molecule is N#CC1CCCN1C(=O)CNC12CC3CC(C1)CC(NCC(=O)N1CCCC1C#N)(C3)C2. The molecule has 172 valence electrons. The summed E-state index contributed by atoms with van der Waals surface area (Å²) in [7, 11) is 0. The van der Waals surface area contributed by atoms with Crippen LogP contribution in [0.3, 0.4) is 0 Å². The first-order valence-corrected chi connectivity index (χ1v) is 12.3. The Balaban J connectivity index is 1.22. The normalized spacial score (nSPS) is 39.8. The predicted octanol–water partition coefficient (Wildman–Crippen LogP) is 1.29. The maximum absolute atomic E-state index is 12.8. The highest BCUT2D eigenvalue weighted by Gasteiger charge is 2.57. The highest BCUT2D eigenvalue weighted by atomic mass is 16.2. The lowest BCUT2D eigenvalue weighted by Crippen LogP contribution is -2.69. The fourth-order valence-corrected chi connectivity index (χ4v) is 7.80. The number of nitrogens with zero attached hydrogens (tertiary/aromatic N) is 4. The molecule has 2 atom stereocenters. The third-order valence-corrected chi connectivity index (χ3v) is 8.73. The lowest BCUT2D eigenvalue weighted by Gasteiger charge is -2.62. The number of likely N-dealkylation sites (tertiary alicyclic amines) is 2. The molecule has 4 bridgehead atoms. The van der Waals surface area contributed by atoms with E-state index in [1.54, 1.807) is 9.80 Å². The van der Waals surface area contributed by atoms with E-state index in [9.17, 15) is 20.1 Å². The van der Waals surface area contributed by atoms with Crippen LogP contribution in [0.1, 0.15) is 64.2 Å². The van der Waals surface area contributed by atoms with Gasteiger partial charge in [-0.1, -0.05) is 0 Å². The average Bonchev–Trinajstić information content (AvgIpc) is 3.44. The van der Waals surface area contributed by atoms with Crippen LogP contribution in [-0.4, -0.2) is 71.0 Å². The number of amides is 2. The summed E-state index contributed by atoms with van der Waals surface area (Å²) >= 11 is 0. The lowest BCUT2D eigenvalue weighted by molar-refractivity contribution is -0.132. The molecule has 0 aromatic rings. The Morgan fingerprint density at radius 3 is 1.66 bits per heavy atom. The van der Waals surface area contributed by atoms with Crippen LogP contribution in [-0.2, 0) is 9.59 Å². The number of hydrogen-bond donors (Lipinski definition) is 2. The first-order chi connectivity index (χ1) is 15.4. The third kappa shape index (κ3) is 3.89. The van der Waals surface area contributed by atoms with Crippen molar-refractivity contribution in [2.24, 2.45) is 11.8 Å². The molecule has 4 aliphatic carbocycles. The van der Waals surface area contributed by atoms with Gasteiger partial charge in [0.1, 0.15) is 12.1 Å². The van der Waals surface area contributed by atoms with Crippen molar-refractivity contribution >= 4 is 11.8 Å². The summed E-state index contributed by atoms with van der Waals surface area (Å²) in [5, 5.41) is 25.9. The van der Waals surface area contributed by atoms with Gasteiger partial charge in [0.05, 0.1) is 25.2 Å². The molecule has 2 heterocycles. The van der Waals surface area contributed by atoms with Gasteiger partial charge in [0.25, 0.3) is 0 Å². The summed E-state index contributed by atoms with van der Waals surface area (Å²) in [5.74, 6) is 1.33. The molecule has 2 unspecified atom stereocenters. The minimum absolute atomic E-state index is 0.0403. The molecule has 8 heteroatoms. The minimum atomic E-state index is -0.275. The van der Waals surface area contributed by atoms with E-state index in [0.29, 0.717) is 38.0 Å². The van der Waals surface area contributed by atoms with Gasteiger partial charge in [-0.3, -0.25) is 9.59 Å². The van der Waals surface area contributed by atoms with Crippen LogP contribution in [0.5, 0.6) is 0 Å². The number of carbonyl (C=O) groups is 2. The zero-order valence-corrected chi connectivity index (χ0v) is 18.8. The molecule has 6 rings (SSSR count). The summed E-state index contributed by atoms with van der Waals surface area (Å²) in [5.41, 5.74) is -0.110. The number of nitrogens with one attached hydrogen (secondary N) is 2. The van der Waals surface area contributed by atoms with Crippen LogP contribution in [0.25, 0.3) is 0 Å². The first kappa shape index (κ1) is 21.7. The zero-order chi connectivity index (χ0) is 22.3. The molecule has 6 aliphatic rings. The number of carbonyl (C=O) groups excluding carboxylic acids is 2. The van der Waals surface area contributed by atoms with E-state index in [1.807, 2.05) is 0 Å². The fraction of sp³-hybridized carbons (Fsp3) is 0.833. The molecule has 8 nitrogen and oxygen atoms in total. The number of hydrogen-bond acceptors (Lipinski definition) is 6. The number of rotatable bonds is 6. The Labute approximate surface area is 190 Å². The highest BCUT2D eigenvalue weighted by molar-refractivity contribution is 5.80. The van der Waals surface area contributed by atoms with E-state index in [1.165, 1.54) is 6.42 Å². The molecule has 2 N–H and O–H groups in total. The van der Waals surface area contributed by atoms with Crippen LogP contribution in [0, 0.1) is 34.5 Å². The molecular formula is C24H34N6O2. The Kier molecular flexibility index (Phi) is 5.63. The summed E-state index contributed by atoms with van der Waals surface area (Å²) in [4.78, 5) is 29.1. The smallest absolute Gasteiger partial charge is 0.237 e. The maximum atomic E-state index is 12.8. The van der Waals surface area contributed by atoms with Gasteiger partial charge in [-0.15, -0.1) is 0 Å². The van der Waals surface area contributed by atoms with Gasteiger partial charge in [-0.2, -0.15) is 10.5 Å². The second-order valence-corrected chi connectivity index (χ2v) is 11.0. The second-order valence-electron chi connectivity index (χ2n) is 11.0. The maximum Gasteiger partial charge on any atom is 0.237 e. The molecule has 0 spiro atoms. The molecule has 0 aromatic carbocycles. The number of nitriles is 2. The predicted molar refractivity (Wildman–Crippen MR) is 117 cm³/mol. The molecule has 32 heavy (non-hydrogen) atoms. The summed E-state index contributed by atoms with van der Waals surface area (Å²) in [6.07, 6.45) is 9.95. The molecule has 2 amide bonds. The van der Waals surface area contributed by atoms with E-state index in [2.05, 4.69) is 22.8 Å². The van der Waals surface area contributed by atoms with Crippen LogP contribution < -0.4 is 10.6 Å². The van der Waals surface area contributed by atoms with Crippen molar-refractivity contribution < 1.29 is 9.59 Å². The Hall–Kier alpha value is -2.16. The lowest BCUT2D eigenvalue weighted by atomic mass is 9.50. The zero-order valence-electron chi connectivity index (χ0n) is 18.8. The molecule has 2 saturated heterocycles. The summed E-state index contributed by atoms with van der Waals surface area (Å²) in [6, 6.07) is 3.98. The van der Waals surface area contributed by atoms with Gasteiger partial charge in [0.15, 0.2) is 0 Å². The van der Waals surface area contributed by atoms with E-state index in [-0.39, 0.29) is 35.0 Å². The van der Waals surface area contributed by atoms with Gasteiger partial charge in [0.2, 0.25) is 11.8 Å². The van der Waals surface area contributed by atoms with E-state index in [4.69, 9.17) is 0 Å². The Morgan fingerprint density at radius 2 is 1.25 bits per heavy atom. The third-order valence-electron chi connectivity index (χ3n) is 8.73. The standard InChI is InChI=1S/C24H34N6O2/c25-12-19-3-1-5-29(19)21(31)14-27-23-8-17-7-18(9-23)11-24(10-17,16-23)28-15-22(32)30-6-2-4-20(30)13-26/h17-20,27-28H,1-11,14-16H2. The van der Waals surface area contributed by atoms with Gasteiger partial charge >= 0.3 is 0 Å². The molecule has 0 radical (unpaired) electrons. The van der Waals surface area contributed by atoms with Gasteiger partial charge in [-0.25, -0.2) is 0 Å².